The van der Waals surface area contributed by atoms with Gasteiger partial charge >= 0.3 is 29.6 Å². The summed E-state index contributed by atoms with van der Waals surface area (Å²) in [5, 5.41) is 25.2. The van der Waals surface area contributed by atoms with Crippen LogP contribution in [0.3, 0.4) is 0 Å². The predicted molar refractivity (Wildman–Crippen MR) is 238 cm³/mol. The van der Waals surface area contributed by atoms with Crippen LogP contribution in [0.4, 0.5) is 39.3 Å². The first-order valence-corrected chi connectivity index (χ1v) is 17.8. The van der Waals surface area contributed by atoms with Crippen molar-refractivity contribution in [1.29, 1.82) is 0 Å². The van der Waals surface area contributed by atoms with E-state index >= 15 is 0 Å². The van der Waals surface area contributed by atoms with E-state index in [-0.39, 0.29) is 58.7 Å². The molecule has 0 aliphatic rings. The van der Waals surface area contributed by atoms with Gasteiger partial charge in [0.15, 0.2) is 6.29 Å². The van der Waals surface area contributed by atoms with Gasteiger partial charge in [0.05, 0.1) is 29.6 Å². The van der Waals surface area contributed by atoms with Crippen LogP contribution in [0.2, 0.25) is 5.28 Å². The van der Waals surface area contributed by atoms with Crippen molar-refractivity contribution < 1.29 is 51.8 Å². The summed E-state index contributed by atoms with van der Waals surface area (Å²) in [5.41, 5.74) is 4.00. The van der Waals surface area contributed by atoms with Crippen molar-refractivity contribution in [3.8, 4) is 0 Å². The molecular formula is C39H42BBr2ClFN11NaO3. The molecule has 0 unspecified atom stereocenters. The summed E-state index contributed by atoms with van der Waals surface area (Å²) in [4.78, 5) is 42.1. The van der Waals surface area contributed by atoms with Gasteiger partial charge < -0.3 is 27.6 Å². The monoisotopic (exact) mass is 959 g/mol. The van der Waals surface area contributed by atoms with Crippen molar-refractivity contribution in [3.05, 3.63) is 166 Å². The van der Waals surface area contributed by atoms with Crippen molar-refractivity contribution in [2.24, 2.45) is 0 Å². The van der Waals surface area contributed by atoms with Gasteiger partial charge in [-0.2, -0.15) is 0 Å². The summed E-state index contributed by atoms with van der Waals surface area (Å²) >= 11 is 11.8. The second-order valence-electron chi connectivity index (χ2n) is 9.90. The minimum absolute atomic E-state index is 0. The number of carbonyl (C=O) groups is 1. The third kappa shape index (κ3) is 24.7. The average molecular weight is 962 g/mol. The fourth-order valence-corrected chi connectivity index (χ4v) is 4.10. The zero-order valence-electron chi connectivity index (χ0n) is 33.2. The van der Waals surface area contributed by atoms with E-state index in [1.807, 2.05) is 91.0 Å². The van der Waals surface area contributed by atoms with Crippen LogP contribution in [-0.2, 0) is 6.61 Å². The number of nitrogens with zero attached hydrogens (tertiary/aromatic N) is 8. The molecule has 0 bridgehead atoms. The molecule has 0 aliphatic heterocycles. The number of hydrogen-bond donors (Lipinski definition) is 5. The van der Waals surface area contributed by atoms with Gasteiger partial charge in [0.2, 0.25) is 23.1 Å². The second kappa shape index (κ2) is 35.2. The molecule has 7 aromatic rings. The molecule has 0 saturated carbocycles. The van der Waals surface area contributed by atoms with Crippen LogP contribution in [0.25, 0.3) is 0 Å². The molecule has 303 valence electrons. The minimum Gasteiger partial charge on any atom is -1.00 e. The molecule has 4 aromatic heterocycles. The molecule has 4 heterocycles. The Kier molecular flexibility index (Phi) is 32.3. The predicted octanol–water partition coefficient (Wildman–Crippen LogP) is 6.19. The number of alkyl halides is 1. The van der Waals surface area contributed by atoms with Gasteiger partial charge in [0.25, 0.3) is 0 Å². The van der Waals surface area contributed by atoms with E-state index in [9.17, 15) is 9.18 Å². The van der Waals surface area contributed by atoms with E-state index in [0.717, 1.165) is 33.1 Å². The molecule has 3 radical (unpaired) electrons. The Morgan fingerprint density at radius 2 is 0.932 bits per heavy atom. The van der Waals surface area contributed by atoms with E-state index in [2.05, 4.69) is 87.7 Å². The van der Waals surface area contributed by atoms with Gasteiger partial charge in [-0.3, -0.25) is 9.18 Å². The van der Waals surface area contributed by atoms with Crippen LogP contribution in [0, 0.1) is 0 Å². The number of rotatable bonds is 8. The number of benzene rings is 3. The number of aliphatic hydroxyl groups is 2. The first-order chi connectivity index (χ1) is 27.8. The maximum absolute atomic E-state index is 10.4. The Labute approximate surface area is 392 Å². The van der Waals surface area contributed by atoms with Crippen LogP contribution >= 0.6 is 43.5 Å². The number of halogens is 4. The molecule has 5 N–H and O–H groups in total. The summed E-state index contributed by atoms with van der Waals surface area (Å²) in [6.07, 6.45) is 13.5. The molecule has 59 heavy (non-hydrogen) atoms. The molecule has 7 rings (SSSR count). The zero-order valence-corrected chi connectivity index (χ0v) is 37.2. The van der Waals surface area contributed by atoms with Crippen LogP contribution in [0.1, 0.15) is 26.1 Å². The van der Waals surface area contributed by atoms with E-state index in [4.69, 9.17) is 23.2 Å². The molecule has 0 spiro atoms. The van der Waals surface area contributed by atoms with Gasteiger partial charge in [-0.25, -0.2) is 39.9 Å². The molecule has 0 fully saturated rings. The Bertz CT molecular complexity index is 2060. The smallest absolute Gasteiger partial charge is 1.00 e. The van der Waals surface area contributed by atoms with Gasteiger partial charge in [0, 0.05) is 87.7 Å². The Balaban J connectivity index is -0.000000706. The number of aldehydes is 1. The largest absolute Gasteiger partial charge is 1.00 e. The maximum atomic E-state index is 10.4. The van der Waals surface area contributed by atoms with Crippen molar-refractivity contribution >= 4 is 93.1 Å². The molecule has 0 atom stereocenters. The summed E-state index contributed by atoms with van der Waals surface area (Å²) in [7, 11) is 0. The first-order valence-electron chi connectivity index (χ1n) is 16.6. The molecule has 3 aromatic carbocycles. The fraction of sp³-hybridized carbons (Fsp3) is 0.103. The molecule has 0 amide bonds. The average Bonchev–Trinajstić information content (AvgIpc) is 3.26. The molecule has 20 heteroatoms. The number of hydrogen-bond acceptors (Lipinski definition) is 14. The van der Waals surface area contributed by atoms with Gasteiger partial charge in [-0.15, -0.1) is 0 Å². The van der Waals surface area contributed by atoms with Crippen molar-refractivity contribution in [2.45, 2.75) is 14.0 Å². The minimum atomic E-state index is -1.00. The second-order valence-corrected chi connectivity index (χ2v) is 12.1. The quantitative estimate of drug-likeness (QED) is 0.0658. The number of aromatic nitrogens is 8. The van der Waals surface area contributed by atoms with Gasteiger partial charge in [0.1, 0.15) is 0 Å². The number of nitrogens with one attached hydrogen (secondary N) is 3. The Morgan fingerprint density at radius 1 is 0.644 bits per heavy atom. The van der Waals surface area contributed by atoms with E-state index in [1.54, 1.807) is 37.2 Å². The molecule has 0 saturated heterocycles. The van der Waals surface area contributed by atoms with E-state index in [1.165, 1.54) is 12.4 Å². The summed E-state index contributed by atoms with van der Waals surface area (Å²) < 4.78 is 17.2. The number of anilines is 6. The van der Waals surface area contributed by atoms with Crippen molar-refractivity contribution in [1.82, 2.24) is 39.9 Å². The number of para-hydroxylation sites is 3. The summed E-state index contributed by atoms with van der Waals surface area (Å²) in [5.74, 6) is 1.60. The first kappa shape index (κ1) is 54.2. The van der Waals surface area contributed by atoms with Crippen LogP contribution in [0.15, 0.2) is 150 Å². The third-order valence-electron chi connectivity index (χ3n) is 5.99. The normalized spacial score (nSPS) is 8.97. The molecule has 0 aliphatic carbocycles. The van der Waals surface area contributed by atoms with E-state index in [0.29, 0.717) is 35.3 Å². The molecular weight excluding hydrogens is 919 g/mol. The van der Waals surface area contributed by atoms with Crippen LogP contribution in [-0.4, -0.2) is 79.0 Å². The van der Waals surface area contributed by atoms with Crippen molar-refractivity contribution in [2.75, 3.05) is 30.2 Å². The van der Waals surface area contributed by atoms with Crippen LogP contribution < -0.4 is 45.5 Å². The topological polar surface area (TPSA) is 197 Å². The third-order valence-corrected chi connectivity index (χ3v) is 7.01. The molecule has 14 nitrogen and oxygen atoms in total. The van der Waals surface area contributed by atoms with Crippen molar-refractivity contribution in [3.63, 3.8) is 0 Å². The zero-order chi connectivity index (χ0) is 41.5. The maximum Gasteiger partial charge on any atom is 1.00 e. The fourth-order valence-electron chi connectivity index (χ4n) is 3.59. The number of aliphatic hydroxyl groups excluding tert-OH is 2. The summed E-state index contributed by atoms with van der Waals surface area (Å²) in [6, 6.07) is 29.1. The SMILES string of the molecule is Brc1cnc(Nc2ccccc2)nc1.C.CO.Clc1ncc(Br)cn1.O=Cc1cnc(Nc2ccccc2)nc1.OCc1cnc(Nc2ccccc2)nc1.[2H]CF.[B].[H-].[Na+]. The Hall–Kier alpha value is -4.79. The Morgan fingerprint density at radius 3 is 1.22 bits per heavy atom. The van der Waals surface area contributed by atoms with E-state index < -0.39 is 7.15 Å². The van der Waals surface area contributed by atoms with Crippen LogP contribution in [0.5, 0.6) is 0 Å². The summed E-state index contributed by atoms with van der Waals surface area (Å²) in [6.45, 7) is -0.0361. The van der Waals surface area contributed by atoms with Gasteiger partial charge in [-0.1, -0.05) is 62.0 Å². The number of carbonyl (C=O) groups excluding carboxylic acids is 1. The standard InChI is InChI=1S/C11H11N3O.C11H9N3O.C10H8BrN3.C4H2BrClN2.CH3F.CH4O.CH4.B.Na.H/c2*15-8-9-6-12-11(13-7-9)14-10-4-2-1-3-5-10;11-8-6-12-10(13-7-8)14-9-4-2-1-3-5-9;5-3-1-7-4(6)8-2-3;2*1-2;;;;/h1-7,15H,8H2,(H,12,13,14);1-8H,(H,12,13,14);1-7H,(H,12,13,14);1-2H;1H3;2H,1H3;1H4;;;/q;;;;;;;;+1;-1/i;;;;1D;;;;;. The van der Waals surface area contributed by atoms with Gasteiger partial charge in [-0.05, 0) is 79.9 Å².